The zero-order valence-electron chi connectivity index (χ0n) is 10.8. The summed E-state index contributed by atoms with van der Waals surface area (Å²) < 4.78 is 18.6. The molecule has 2 aromatic carbocycles. The number of hydrogen-bond acceptors (Lipinski definition) is 4. The van der Waals surface area contributed by atoms with E-state index in [1.54, 1.807) is 19.2 Å². The molecule has 0 saturated heterocycles. The maximum absolute atomic E-state index is 13.1. The highest BCUT2D eigenvalue weighted by Crippen LogP contribution is 2.33. The molecule has 0 unspecified atom stereocenters. The van der Waals surface area contributed by atoms with Crippen LogP contribution in [0.5, 0.6) is 11.5 Å². The molecule has 20 heavy (non-hydrogen) atoms. The normalized spacial score (nSPS) is 10.3. The van der Waals surface area contributed by atoms with Gasteiger partial charge in [0, 0.05) is 12.1 Å². The van der Waals surface area contributed by atoms with Crippen LogP contribution in [0.15, 0.2) is 42.5 Å². The van der Waals surface area contributed by atoms with Gasteiger partial charge in [-0.1, -0.05) is 18.2 Å². The quantitative estimate of drug-likeness (QED) is 0.672. The standard InChI is InChI=1S/C14H13FN2O3/c1-16-9-10-4-2-3-5-13(10)20-14-7-6-11(15)8-12(14)17(18)19/h2-8,16H,9H2,1H3. The van der Waals surface area contributed by atoms with Crippen LogP contribution in [0.4, 0.5) is 10.1 Å². The van der Waals surface area contributed by atoms with E-state index in [-0.39, 0.29) is 5.75 Å². The predicted octanol–water partition coefficient (Wildman–Crippen LogP) is 3.25. The van der Waals surface area contributed by atoms with Crippen LogP contribution in [0.2, 0.25) is 0 Å². The minimum atomic E-state index is -0.674. The number of ether oxygens (including phenoxy) is 1. The van der Waals surface area contributed by atoms with Crippen LogP contribution in [0.25, 0.3) is 0 Å². The van der Waals surface area contributed by atoms with Gasteiger partial charge in [-0.05, 0) is 25.2 Å². The van der Waals surface area contributed by atoms with Crippen LogP contribution in [0.1, 0.15) is 5.56 Å². The molecule has 1 N–H and O–H groups in total. The lowest BCUT2D eigenvalue weighted by molar-refractivity contribution is -0.385. The first kappa shape index (κ1) is 14.0. The molecule has 0 atom stereocenters. The second-order valence-electron chi connectivity index (χ2n) is 4.11. The van der Waals surface area contributed by atoms with Crippen molar-refractivity contribution in [3.05, 3.63) is 64.0 Å². The average Bonchev–Trinajstić information content (AvgIpc) is 2.43. The van der Waals surface area contributed by atoms with Crippen molar-refractivity contribution in [1.82, 2.24) is 5.32 Å². The Kier molecular flexibility index (Phi) is 4.27. The van der Waals surface area contributed by atoms with Crippen molar-refractivity contribution in [3.63, 3.8) is 0 Å². The first-order valence-corrected chi connectivity index (χ1v) is 5.96. The van der Waals surface area contributed by atoms with E-state index in [0.29, 0.717) is 12.3 Å². The van der Waals surface area contributed by atoms with Crippen LogP contribution < -0.4 is 10.1 Å². The molecule has 6 heteroatoms. The molecular weight excluding hydrogens is 263 g/mol. The second kappa shape index (κ2) is 6.12. The first-order valence-electron chi connectivity index (χ1n) is 5.96. The maximum Gasteiger partial charge on any atom is 0.314 e. The average molecular weight is 276 g/mol. The second-order valence-corrected chi connectivity index (χ2v) is 4.11. The molecule has 0 aliphatic carbocycles. The molecule has 2 rings (SSSR count). The van der Waals surface area contributed by atoms with Gasteiger partial charge in [-0.3, -0.25) is 10.1 Å². The van der Waals surface area contributed by atoms with Crippen LogP contribution in [0, 0.1) is 15.9 Å². The molecule has 0 saturated carbocycles. The summed E-state index contributed by atoms with van der Waals surface area (Å²) in [6.07, 6.45) is 0. The molecule has 2 aromatic rings. The summed E-state index contributed by atoms with van der Waals surface area (Å²) in [6.45, 7) is 0.561. The number of benzene rings is 2. The lowest BCUT2D eigenvalue weighted by Gasteiger charge is -2.11. The molecule has 0 radical (unpaired) electrons. The van der Waals surface area contributed by atoms with Gasteiger partial charge in [-0.25, -0.2) is 4.39 Å². The fraction of sp³-hybridized carbons (Fsp3) is 0.143. The van der Waals surface area contributed by atoms with E-state index in [9.17, 15) is 14.5 Å². The van der Waals surface area contributed by atoms with Gasteiger partial charge in [0.2, 0.25) is 5.75 Å². The number of nitrogens with zero attached hydrogens (tertiary/aromatic N) is 1. The highest BCUT2D eigenvalue weighted by molar-refractivity contribution is 5.49. The van der Waals surface area contributed by atoms with Gasteiger partial charge in [0.25, 0.3) is 0 Å². The third kappa shape index (κ3) is 3.10. The molecule has 0 aromatic heterocycles. The summed E-state index contributed by atoms with van der Waals surface area (Å²) in [4.78, 5) is 10.3. The Balaban J connectivity index is 2.37. The number of nitrogens with one attached hydrogen (secondary N) is 1. The third-order valence-corrected chi connectivity index (χ3v) is 2.68. The van der Waals surface area contributed by atoms with E-state index < -0.39 is 16.4 Å². The van der Waals surface area contributed by atoms with Gasteiger partial charge >= 0.3 is 5.69 Å². The van der Waals surface area contributed by atoms with Crippen LogP contribution >= 0.6 is 0 Å². The summed E-state index contributed by atoms with van der Waals surface area (Å²) in [5, 5.41) is 13.9. The van der Waals surface area contributed by atoms with Crippen molar-refractivity contribution in [2.75, 3.05) is 7.05 Å². The Labute approximate surface area is 115 Å². The molecule has 0 bridgehead atoms. The molecule has 5 nitrogen and oxygen atoms in total. The number of rotatable bonds is 5. The molecule has 0 fully saturated rings. The Morgan fingerprint density at radius 2 is 2.00 bits per heavy atom. The summed E-state index contributed by atoms with van der Waals surface area (Å²) >= 11 is 0. The van der Waals surface area contributed by atoms with E-state index >= 15 is 0 Å². The topological polar surface area (TPSA) is 64.4 Å². The summed E-state index contributed by atoms with van der Waals surface area (Å²) in [7, 11) is 1.79. The van der Waals surface area contributed by atoms with E-state index in [1.165, 1.54) is 6.07 Å². The third-order valence-electron chi connectivity index (χ3n) is 2.68. The SMILES string of the molecule is CNCc1ccccc1Oc1ccc(F)cc1[N+](=O)[O-]. The summed E-state index contributed by atoms with van der Waals surface area (Å²) in [6, 6.07) is 10.4. The van der Waals surface area contributed by atoms with Gasteiger partial charge in [-0.2, -0.15) is 0 Å². The highest BCUT2D eigenvalue weighted by Gasteiger charge is 2.17. The van der Waals surface area contributed by atoms with E-state index in [4.69, 9.17) is 4.74 Å². The lowest BCUT2D eigenvalue weighted by Crippen LogP contribution is -2.06. The van der Waals surface area contributed by atoms with Gasteiger partial charge in [-0.15, -0.1) is 0 Å². The van der Waals surface area contributed by atoms with Gasteiger partial charge < -0.3 is 10.1 Å². The maximum atomic E-state index is 13.1. The van der Waals surface area contributed by atoms with Crippen molar-refractivity contribution in [3.8, 4) is 11.5 Å². The van der Waals surface area contributed by atoms with Gasteiger partial charge in [0.15, 0.2) is 0 Å². The van der Waals surface area contributed by atoms with Crippen molar-refractivity contribution >= 4 is 5.69 Å². The van der Waals surface area contributed by atoms with Gasteiger partial charge in [0.05, 0.1) is 11.0 Å². The molecule has 0 heterocycles. The Morgan fingerprint density at radius 1 is 1.25 bits per heavy atom. The minimum absolute atomic E-state index is 0.0138. The Hall–Kier alpha value is -2.47. The van der Waals surface area contributed by atoms with Crippen molar-refractivity contribution in [1.29, 1.82) is 0 Å². The smallest absolute Gasteiger partial charge is 0.314 e. The molecule has 0 spiro atoms. The number of hydrogen-bond donors (Lipinski definition) is 1. The monoisotopic (exact) mass is 276 g/mol. The molecular formula is C14H13FN2O3. The number of nitro groups is 1. The fourth-order valence-corrected chi connectivity index (χ4v) is 1.78. The zero-order valence-corrected chi connectivity index (χ0v) is 10.8. The van der Waals surface area contributed by atoms with E-state index in [2.05, 4.69) is 5.32 Å². The van der Waals surface area contributed by atoms with Gasteiger partial charge in [0.1, 0.15) is 11.6 Å². The zero-order chi connectivity index (χ0) is 14.5. The molecule has 0 amide bonds. The highest BCUT2D eigenvalue weighted by atomic mass is 19.1. The van der Waals surface area contributed by atoms with Crippen LogP contribution in [-0.4, -0.2) is 12.0 Å². The van der Waals surface area contributed by atoms with Crippen LogP contribution in [0.3, 0.4) is 0 Å². The molecule has 104 valence electrons. The van der Waals surface area contributed by atoms with Crippen molar-refractivity contribution < 1.29 is 14.1 Å². The first-order chi connectivity index (χ1) is 9.61. The fourth-order valence-electron chi connectivity index (χ4n) is 1.78. The van der Waals surface area contributed by atoms with Crippen LogP contribution in [-0.2, 0) is 6.54 Å². The Morgan fingerprint density at radius 3 is 2.70 bits per heavy atom. The van der Waals surface area contributed by atoms with Crippen molar-refractivity contribution in [2.24, 2.45) is 0 Å². The largest absolute Gasteiger partial charge is 0.450 e. The number of para-hydroxylation sites is 1. The Bertz CT molecular complexity index is 632. The number of halogens is 1. The number of nitro benzene ring substituents is 1. The minimum Gasteiger partial charge on any atom is -0.450 e. The van der Waals surface area contributed by atoms with E-state index in [1.807, 2.05) is 12.1 Å². The van der Waals surface area contributed by atoms with Crippen molar-refractivity contribution in [2.45, 2.75) is 6.54 Å². The summed E-state index contributed by atoms with van der Waals surface area (Å²) in [5.41, 5.74) is 0.456. The van der Waals surface area contributed by atoms with E-state index in [0.717, 1.165) is 17.7 Å². The molecule has 0 aliphatic rings. The summed E-state index contributed by atoms with van der Waals surface area (Å²) in [5.74, 6) is -0.163. The molecule has 0 aliphatic heterocycles. The lowest BCUT2D eigenvalue weighted by atomic mass is 10.2. The predicted molar refractivity (Wildman–Crippen MR) is 72.3 cm³/mol.